The van der Waals surface area contributed by atoms with E-state index in [4.69, 9.17) is 16.7 Å². The third-order valence-corrected chi connectivity index (χ3v) is 3.57. The number of carbonyl (C=O) groups excluding carboxylic acids is 1. The van der Waals surface area contributed by atoms with E-state index < -0.39 is 5.97 Å². The van der Waals surface area contributed by atoms with Crippen LogP contribution in [0.3, 0.4) is 0 Å². The highest BCUT2D eigenvalue weighted by Crippen LogP contribution is 2.18. The Hall–Kier alpha value is -2.33. The summed E-state index contributed by atoms with van der Waals surface area (Å²) in [6.45, 7) is 1.80. The first kappa shape index (κ1) is 16.0. The highest BCUT2D eigenvalue weighted by atomic mass is 35.5. The molecular formula is C17H16ClNO3. The zero-order valence-corrected chi connectivity index (χ0v) is 12.8. The minimum absolute atomic E-state index is 0.0783. The molecule has 5 heteroatoms. The fraction of sp³-hybridized carbons (Fsp3) is 0.176. The lowest BCUT2D eigenvalue weighted by atomic mass is 10.00. The van der Waals surface area contributed by atoms with Crippen LogP contribution in [-0.2, 0) is 11.2 Å². The fourth-order valence-electron chi connectivity index (χ4n) is 2.10. The number of halogens is 1. The van der Waals surface area contributed by atoms with Crippen molar-refractivity contribution in [3.8, 4) is 0 Å². The Balaban J connectivity index is 2.05. The Labute approximate surface area is 133 Å². The van der Waals surface area contributed by atoms with Crippen molar-refractivity contribution < 1.29 is 14.7 Å². The average molecular weight is 318 g/mol. The van der Waals surface area contributed by atoms with Gasteiger partial charge in [0.05, 0.1) is 11.3 Å². The smallest absolute Gasteiger partial charge is 0.337 e. The van der Waals surface area contributed by atoms with E-state index in [-0.39, 0.29) is 17.4 Å². The van der Waals surface area contributed by atoms with Crippen molar-refractivity contribution in [3.63, 3.8) is 0 Å². The van der Waals surface area contributed by atoms with Gasteiger partial charge in [0.25, 0.3) is 0 Å². The third kappa shape index (κ3) is 4.09. The number of benzene rings is 2. The summed E-state index contributed by atoms with van der Waals surface area (Å²) in [7, 11) is 0. The molecule has 2 rings (SSSR count). The maximum atomic E-state index is 12.2. The number of carbonyl (C=O) groups is 2. The van der Waals surface area contributed by atoms with Gasteiger partial charge in [-0.25, -0.2) is 4.79 Å². The van der Waals surface area contributed by atoms with Gasteiger partial charge in [-0.2, -0.15) is 0 Å². The number of hydrogen-bond donors (Lipinski definition) is 2. The third-order valence-electron chi connectivity index (χ3n) is 3.32. The van der Waals surface area contributed by atoms with Crippen LogP contribution < -0.4 is 5.32 Å². The van der Waals surface area contributed by atoms with E-state index in [1.54, 1.807) is 37.3 Å². The van der Waals surface area contributed by atoms with Crippen molar-refractivity contribution in [1.29, 1.82) is 0 Å². The highest BCUT2D eigenvalue weighted by Gasteiger charge is 2.17. The number of amides is 1. The molecule has 0 bridgehead atoms. The molecule has 0 heterocycles. The molecule has 0 aliphatic carbocycles. The summed E-state index contributed by atoms with van der Waals surface area (Å²) < 4.78 is 0. The van der Waals surface area contributed by atoms with Gasteiger partial charge in [0.1, 0.15) is 0 Å². The van der Waals surface area contributed by atoms with Gasteiger partial charge in [-0.05, 0) is 36.2 Å². The Morgan fingerprint density at radius 3 is 2.41 bits per heavy atom. The van der Waals surface area contributed by atoms with Gasteiger partial charge in [-0.1, -0.05) is 42.8 Å². The van der Waals surface area contributed by atoms with Crippen molar-refractivity contribution >= 4 is 29.2 Å². The molecule has 4 nitrogen and oxygen atoms in total. The molecule has 2 N–H and O–H groups in total. The van der Waals surface area contributed by atoms with Crippen molar-refractivity contribution in [3.05, 3.63) is 64.7 Å². The van der Waals surface area contributed by atoms with Crippen LogP contribution >= 0.6 is 11.6 Å². The Kier molecular flexibility index (Phi) is 5.17. The summed E-state index contributed by atoms with van der Waals surface area (Å²) in [6, 6.07) is 13.7. The van der Waals surface area contributed by atoms with Gasteiger partial charge in [-0.15, -0.1) is 0 Å². The van der Waals surface area contributed by atoms with Gasteiger partial charge in [0.2, 0.25) is 5.91 Å². The molecule has 0 saturated heterocycles. The van der Waals surface area contributed by atoms with E-state index in [0.717, 1.165) is 5.56 Å². The van der Waals surface area contributed by atoms with Gasteiger partial charge < -0.3 is 10.4 Å². The first-order valence-corrected chi connectivity index (χ1v) is 7.23. The van der Waals surface area contributed by atoms with E-state index >= 15 is 0 Å². The SMILES string of the molecule is CC(Cc1ccc(Cl)cc1)C(=O)Nc1ccccc1C(=O)O. The quantitative estimate of drug-likeness (QED) is 0.880. The molecule has 114 valence electrons. The predicted octanol–water partition coefficient (Wildman–Crippen LogP) is 3.86. The van der Waals surface area contributed by atoms with Crippen LogP contribution in [0.1, 0.15) is 22.8 Å². The van der Waals surface area contributed by atoms with Crippen LogP contribution in [-0.4, -0.2) is 17.0 Å². The summed E-state index contributed by atoms with van der Waals surface area (Å²) in [5.74, 6) is -1.58. The molecule has 0 fully saturated rings. The second-order valence-electron chi connectivity index (χ2n) is 5.07. The minimum atomic E-state index is -1.07. The highest BCUT2D eigenvalue weighted by molar-refractivity contribution is 6.30. The molecular weight excluding hydrogens is 302 g/mol. The van der Waals surface area contributed by atoms with E-state index in [1.165, 1.54) is 6.07 Å². The zero-order valence-electron chi connectivity index (χ0n) is 12.0. The Morgan fingerprint density at radius 2 is 1.77 bits per heavy atom. The number of para-hydroxylation sites is 1. The number of aromatic carboxylic acids is 1. The molecule has 22 heavy (non-hydrogen) atoms. The minimum Gasteiger partial charge on any atom is -0.478 e. The Bertz CT molecular complexity index is 683. The van der Waals surface area contributed by atoms with Gasteiger partial charge >= 0.3 is 5.97 Å². The molecule has 0 aliphatic heterocycles. The van der Waals surface area contributed by atoms with Crippen molar-refractivity contribution in [2.24, 2.45) is 5.92 Å². The maximum Gasteiger partial charge on any atom is 0.337 e. The number of nitrogens with one attached hydrogen (secondary N) is 1. The first-order chi connectivity index (χ1) is 10.5. The first-order valence-electron chi connectivity index (χ1n) is 6.85. The topological polar surface area (TPSA) is 66.4 Å². The lowest BCUT2D eigenvalue weighted by Gasteiger charge is -2.13. The molecule has 1 amide bonds. The van der Waals surface area contributed by atoms with E-state index in [2.05, 4.69) is 5.32 Å². The predicted molar refractivity (Wildman–Crippen MR) is 86.4 cm³/mol. The van der Waals surface area contributed by atoms with Crippen molar-refractivity contribution in [2.45, 2.75) is 13.3 Å². The number of rotatable bonds is 5. The monoisotopic (exact) mass is 317 g/mol. The summed E-state index contributed by atoms with van der Waals surface area (Å²) >= 11 is 5.83. The Morgan fingerprint density at radius 1 is 1.14 bits per heavy atom. The van der Waals surface area contributed by atoms with E-state index in [9.17, 15) is 9.59 Å². The van der Waals surface area contributed by atoms with Crippen molar-refractivity contribution in [1.82, 2.24) is 0 Å². The molecule has 0 aliphatic rings. The van der Waals surface area contributed by atoms with Crippen LogP contribution in [0.5, 0.6) is 0 Å². The number of hydrogen-bond acceptors (Lipinski definition) is 2. The maximum absolute atomic E-state index is 12.2. The molecule has 2 aromatic rings. The number of anilines is 1. The summed E-state index contributed by atoms with van der Waals surface area (Å²) in [5, 5.41) is 12.4. The fourth-order valence-corrected chi connectivity index (χ4v) is 2.23. The van der Waals surface area contributed by atoms with E-state index in [0.29, 0.717) is 17.1 Å². The van der Waals surface area contributed by atoms with Crippen LogP contribution in [0.25, 0.3) is 0 Å². The molecule has 0 saturated carbocycles. The zero-order chi connectivity index (χ0) is 16.1. The summed E-state index contributed by atoms with van der Waals surface area (Å²) in [6.07, 6.45) is 0.554. The molecule has 0 spiro atoms. The summed E-state index contributed by atoms with van der Waals surface area (Å²) in [5.41, 5.74) is 1.39. The number of carboxylic acid groups (broad SMARTS) is 1. The molecule has 0 radical (unpaired) electrons. The van der Waals surface area contributed by atoms with Gasteiger partial charge in [-0.3, -0.25) is 4.79 Å². The molecule has 0 aromatic heterocycles. The van der Waals surface area contributed by atoms with Crippen LogP contribution in [0, 0.1) is 5.92 Å². The lowest BCUT2D eigenvalue weighted by Crippen LogP contribution is -2.23. The van der Waals surface area contributed by atoms with Gasteiger partial charge in [0, 0.05) is 10.9 Å². The molecule has 1 unspecified atom stereocenters. The largest absolute Gasteiger partial charge is 0.478 e. The standard InChI is InChI=1S/C17H16ClNO3/c1-11(10-12-6-8-13(18)9-7-12)16(20)19-15-5-3-2-4-14(15)17(21)22/h2-9,11H,10H2,1H3,(H,19,20)(H,21,22). The molecule has 1 atom stereocenters. The lowest BCUT2D eigenvalue weighted by molar-refractivity contribution is -0.119. The normalized spacial score (nSPS) is 11.7. The van der Waals surface area contributed by atoms with E-state index in [1.807, 2.05) is 12.1 Å². The van der Waals surface area contributed by atoms with Crippen LogP contribution in [0.15, 0.2) is 48.5 Å². The van der Waals surface area contributed by atoms with Crippen LogP contribution in [0.4, 0.5) is 5.69 Å². The second kappa shape index (κ2) is 7.09. The van der Waals surface area contributed by atoms with Gasteiger partial charge in [0.15, 0.2) is 0 Å². The van der Waals surface area contributed by atoms with Crippen molar-refractivity contribution in [2.75, 3.05) is 5.32 Å². The average Bonchev–Trinajstić information content (AvgIpc) is 2.49. The van der Waals surface area contributed by atoms with Crippen LogP contribution in [0.2, 0.25) is 5.02 Å². The number of carboxylic acids is 1. The second-order valence-corrected chi connectivity index (χ2v) is 5.51. The summed E-state index contributed by atoms with van der Waals surface area (Å²) in [4.78, 5) is 23.4. The molecule has 2 aromatic carbocycles.